The number of benzene rings is 2. The van der Waals surface area contributed by atoms with Crippen molar-refractivity contribution in [3.05, 3.63) is 64.7 Å². The Kier molecular flexibility index (Phi) is 6.71. The van der Waals surface area contributed by atoms with E-state index < -0.39 is 0 Å². The molecule has 25 heavy (non-hydrogen) atoms. The van der Waals surface area contributed by atoms with Gasteiger partial charge in [0.25, 0.3) is 5.91 Å². The minimum absolute atomic E-state index is 0.152. The van der Waals surface area contributed by atoms with Crippen LogP contribution >= 0.6 is 0 Å². The number of carbonyl (C=O) groups excluding carboxylic acids is 2. The van der Waals surface area contributed by atoms with Gasteiger partial charge in [-0.2, -0.15) is 0 Å². The number of aryl methyl sites for hydroxylation is 2. The molecule has 0 saturated heterocycles. The molecule has 0 saturated carbocycles. The standard InChI is InChI=1S/C20H24N2O3/c1-14-8-9-16(12-15(14)2)13-19(23)22-18-7-5-4-6-17(18)20(24)21-10-11-25-3/h4-9,12H,10-11,13H2,1-3H3,(H,21,24)(H,22,23). The van der Waals surface area contributed by atoms with Crippen LogP contribution in [-0.2, 0) is 16.0 Å². The zero-order chi connectivity index (χ0) is 18.2. The van der Waals surface area contributed by atoms with Crippen molar-refractivity contribution < 1.29 is 14.3 Å². The summed E-state index contributed by atoms with van der Waals surface area (Å²) < 4.78 is 4.92. The summed E-state index contributed by atoms with van der Waals surface area (Å²) in [5, 5.41) is 5.60. The van der Waals surface area contributed by atoms with Crippen LogP contribution in [-0.4, -0.2) is 32.1 Å². The summed E-state index contributed by atoms with van der Waals surface area (Å²) >= 11 is 0. The summed E-state index contributed by atoms with van der Waals surface area (Å²) in [7, 11) is 1.58. The van der Waals surface area contributed by atoms with Gasteiger partial charge in [-0.15, -0.1) is 0 Å². The van der Waals surface area contributed by atoms with E-state index in [0.29, 0.717) is 24.4 Å². The molecule has 2 aromatic rings. The molecule has 0 bridgehead atoms. The molecular weight excluding hydrogens is 316 g/mol. The Morgan fingerprint density at radius 3 is 2.52 bits per heavy atom. The lowest BCUT2D eigenvalue weighted by Gasteiger charge is -2.12. The lowest BCUT2D eigenvalue weighted by Crippen LogP contribution is -2.28. The zero-order valence-corrected chi connectivity index (χ0v) is 14.9. The van der Waals surface area contributed by atoms with E-state index in [1.807, 2.05) is 32.0 Å². The van der Waals surface area contributed by atoms with Crippen LogP contribution in [0.1, 0.15) is 27.0 Å². The molecule has 5 nitrogen and oxygen atoms in total. The monoisotopic (exact) mass is 340 g/mol. The lowest BCUT2D eigenvalue weighted by atomic mass is 10.0. The highest BCUT2D eigenvalue weighted by Gasteiger charge is 2.13. The number of carbonyl (C=O) groups is 2. The summed E-state index contributed by atoms with van der Waals surface area (Å²) in [6.07, 6.45) is 0.265. The van der Waals surface area contributed by atoms with Gasteiger partial charge >= 0.3 is 0 Å². The van der Waals surface area contributed by atoms with Gasteiger partial charge in [-0.25, -0.2) is 0 Å². The summed E-state index contributed by atoms with van der Waals surface area (Å²) in [4.78, 5) is 24.6. The van der Waals surface area contributed by atoms with Crippen LogP contribution < -0.4 is 10.6 Å². The van der Waals surface area contributed by atoms with E-state index in [9.17, 15) is 9.59 Å². The smallest absolute Gasteiger partial charge is 0.253 e. The third-order valence-corrected chi connectivity index (χ3v) is 3.97. The minimum atomic E-state index is -0.237. The predicted octanol–water partition coefficient (Wildman–Crippen LogP) is 2.86. The zero-order valence-electron chi connectivity index (χ0n) is 14.9. The molecule has 0 heterocycles. The summed E-state index contributed by atoms with van der Waals surface area (Å²) in [5.74, 6) is -0.389. The second-order valence-corrected chi connectivity index (χ2v) is 5.94. The third-order valence-electron chi connectivity index (χ3n) is 3.97. The molecule has 0 aliphatic rings. The van der Waals surface area contributed by atoms with Crippen LogP contribution in [0.4, 0.5) is 5.69 Å². The quantitative estimate of drug-likeness (QED) is 0.762. The topological polar surface area (TPSA) is 67.4 Å². The van der Waals surface area contributed by atoms with Crippen LogP contribution in [0.25, 0.3) is 0 Å². The molecule has 2 aromatic carbocycles. The van der Waals surface area contributed by atoms with E-state index in [2.05, 4.69) is 10.6 Å². The average Bonchev–Trinajstić information content (AvgIpc) is 2.58. The number of rotatable bonds is 7. The van der Waals surface area contributed by atoms with Crippen molar-refractivity contribution in [2.45, 2.75) is 20.3 Å². The van der Waals surface area contributed by atoms with Crippen LogP contribution in [0.15, 0.2) is 42.5 Å². The maximum absolute atomic E-state index is 12.4. The molecule has 0 fully saturated rings. The van der Waals surface area contributed by atoms with E-state index in [4.69, 9.17) is 4.74 Å². The largest absolute Gasteiger partial charge is 0.383 e. The van der Waals surface area contributed by atoms with Gasteiger partial charge < -0.3 is 15.4 Å². The second kappa shape index (κ2) is 8.99. The van der Waals surface area contributed by atoms with Gasteiger partial charge in [-0.1, -0.05) is 30.3 Å². The summed E-state index contributed by atoms with van der Waals surface area (Å²) in [5.41, 5.74) is 4.24. The van der Waals surface area contributed by atoms with E-state index in [-0.39, 0.29) is 18.2 Å². The van der Waals surface area contributed by atoms with E-state index in [0.717, 1.165) is 11.1 Å². The molecule has 0 aliphatic carbocycles. The molecule has 0 aliphatic heterocycles. The van der Waals surface area contributed by atoms with Crippen molar-refractivity contribution in [1.82, 2.24) is 5.32 Å². The van der Waals surface area contributed by atoms with Crippen molar-refractivity contribution in [1.29, 1.82) is 0 Å². The van der Waals surface area contributed by atoms with Crippen molar-refractivity contribution in [3.63, 3.8) is 0 Å². The summed E-state index contributed by atoms with van der Waals surface area (Å²) in [6, 6.07) is 12.9. The molecule has 0 aromatic heterocycles. The highest BCUT2D eigenvalue weighted by molar-refractivity contribution is 6.04. The fraction of sp³-hybridized carbons (Fsp3) is 0.300. The molecule has 0 unspecified atom stereocenters. The van der Waals surface area contributed by atoms with Crippen LogP contribution in [0.5, 0.6) is 0 Å². The molecule has 0 atom stereocenters. The third kappa shape index (κ3) is 5.43. The first kappa shape index (κ1) is 18.7. The Labute approximate surface area is 148 Å². The molecule has 132 valence electrons. The number of anilines is 1. The van der Waals surface area contributed by atoms with Gasteiger partial charge in [0.1, 0.15) is 0 Å². The van der Waals surface area contributed by atoms with Gasteiger partial charge in [0.05, 0.1) is 24.3 Å². The normalized spacial score (nSPS) is 10.4. The van der Waals surface area contributed by atoms with Crippen LogP contribution in [0.2, 0.25) is 0 Å². The molecular formula is C20H24N2O3. The first-order valence-electron chi connectivity index (χ1n) is 8.23. The van der Waals surface area contributed by atoms with Crippen molar-refractivity contribution in [2.24, 2.45) is 0 Å². The van der Waals surface area contributed by atoms with Gasteiger partial charge in [0.15, 0.2) is 0 Å². The molecule has 0 radical (unpaired) electrons. The van der Waals surface area contributed by atoms with Crippen LogP contribution in [0.3, 0.4) is 0 Å². The highest BCUT2D eigenvalue weighted by atomic mass is 16.5. The fourth-order valence-electron chi connectivity index (χ4n) is 2.45. The Morgan fingerprint density at radius 2 is 1.80 bits per heavy atom. The number of methoxy groups -OCH3 is 1. The predicted molar refractivity (Wildman–Crippen MR) is 98.9 cm³/mol. The Balaban J connectivity index is 2.05. The van der Waals surface area contributed by atoms with Gasteiger partial charge in [-0.05, 0) is 42.7 Å². The number of hydrogen-bond acceptors (Lipinski definition) is 3. The Bertz CT molecular complexity index is 756. The molecule has 0 spiro atoms. The number of ether oxygens (including phenoxy) is 1. The van der Waals surface area contributed by atoms with Gasteiger partial charge in [-0.3, -0.25) is 9.59 Å². The Hall–Kier alpha value is -2.66. The summed E-state index contributed by atoms with van der Waals surface area (Å²) in [6.45, 7) is 4.92. The fourth-order valence-corrected chi connectivity index (χ4v) is 2.45. The Morgan fingerprint density at radius 1 is 1.04 bits per heavy atom. The molecule has 2 N–H and O–H groups in total. The lowest BCUT2D eigenvalue weighted by molar-refractivity contribution is -0.115. The maximum atomic E-state index is 12.4. The average molecular weight is 340 g/mol. The highest BCUT2D eigenvalue weighted by Crippen LogP contribution is 2.16. The molecule has 2 rings (SSSR count). The van der Waals surface area contributed by atoms with Crippen molar-refractivity contribution in [3.8, 4) is 0 Å². The van der Waals surface area contributed by atoms with Gasteiger partial charge in [0, 0.05) is 13.7 Å². The van der Waals surface area contributed by atoms with E-state index in [1.165, 1.54) is 5.56 Å². The van der Waals surface area contributed by atoms with Crippen LogP contribution in [0, 0.1) is 13.8 Å². The minimum Gasteiger partial charge on any atom is -0.383 e. The number of para-hydroxylation sites is 1. The SMILES string of the molecule is COCCNC(=O)c1ccccc1NC(=O)Cc1ccc(C)c(C)c1. The van der Waals surface area contributed by atoms with E-state index >= 15 is 0 Å². The molecule has 5 heteroatoms. The number of nitrogens with one attached hydrogen (secondary N) is 2. The number of amides is 2. The van der Waals surface area contributed by atoms with Crippen molar-refractivity contribution >= 4 is 17.5 Å². The first-order valence-corrected chi connectivity index (χ1v) is 8.23. The second-order valence-electron chi connectivity index (χ2n) is 5.94. The van der Waals surface area contributed by atoms with Gasteiger partial charge in [0.2, 0.25) is 5.91 Å². The molecule has 2 amide bonds. The number of hydrogen-bond donors (Lipinski definition) is 2. The first-order chi connectivity index (χ1) is 12.0. The van der Waals surface area contributed by atoms with Crippen molar-refractivity contribution in [2.75, 3.05) is 25.6 Å². The maximum Gasteiger partial charge on any atom is 0.253 e. The van der Waals surface area contributed by atoms with E-state index in [1.54, 1.807) is 31.4 Å².